The number of fused-ring (bicyclic) bond motifs is 1. The van der Waals surface area contributed by atoms with Gasteiger partial charge in [0, 0.05) is 10.6 Å². The molecule has 0 radical (unpaired) electrons. The maximum atomic E-state index is 13.6. The first-order valence-corrected chi connectivity index (χ1v) is 12.3. The fourth-order valence-corrected chi connectivity index (χ4v) is 4.40. The molecule has 1 aliphatic heterocycles. The van der Waals surface area contributed by atoms with Gasteiger partial charge in [0.15, 0.2) is 0 Å². The number of hydrogen-bond acceptors (Lipinski definition) is 5. The normalized spacial score (nSPS) is 14.1. The van der Waals surface area contributed by atoms with Crippen LogP contribution in [-0.4, -0.2) is 46.2 Å². The summed E-state index contributed by atoms with van der Waals surface area (Å²) < 4.78 is 5.92. The van der Waals surface area contributed by atoms with Gasteiger partial charge in [-0.25, -0.2) is 4.79 Å². The van der Waals surface area contributed by atoms with Crippen molar-refractivity contribution in [1.82, 2.24) is 4.90 Å². The van der Waals surface area contributed by atoms with Crippen LogP contribution in [0.2, 0.25) is 5.02 Å². The number of amidine groups is 1. The number of aliphatic carboxylic acids is 1. The number of anilines is 1. The second-order valence-electron chi connectivity index (χ2n) is 8.88. The van der Waals surface area contributed by atoms with Gasteiger partial charge >= 0.3 is 5.97 Å². The van der Waals surface area contributed by atoms with Gasteiger partial charge in [-0.1, -0.05) is 54.9 Å². The van der Waals surface area contributed by atoms with Crippen LogP contribution >= 0.6 is 11.6 Å². The Labute approximate surface area is 224 Å². The molecule has 0 spiro atoms. The van der Waals surface area contributed by atoms with Gasteiger partial charge in [0.25, 0.3) is 5.91 Å². The van der Waals surface area contributed by atoms with Gasteiger partial charge < -0.3 is 25.4 Å². The first kappa shape index (κ1) is 26.7. The summed E-state index contributed by atoms with van der Waals surface area (Å²) in [6.45, 7) is 1.65. The highest BCUT2D eigenvalue weighted by atomic mass is 35.5. The summed E-state index contributed by atoms with van der Waals surface area (Å²) in [4.78, 5) is 41.5. The second kappa shape index (κ2) is 11.4. The fraction of sp³-hybridized carbons (Fsp3) is 0.214. The van der Waals surface area contributed by atoms with E-state index in [-0.39, 0.29) is 37.5 Å². The van der Waals surface area contributed by atoms with E-state index in [1.165, 1.54) is 11.0 Å². The molecule has 0 aliphatic carbocycles. The highest BCUT2D eigenvalue weighted by Gasteiger charge is 2.37. The van der Waals surface area contributed by atoms with Crippen LogP contribution in [0.4, 0.5) is 5.69 Å². The molecule has 0 bridgehead atoms. The molecule has 1 heterocycles. The maximum Gasteiger partial charge on any atom is 0.326 e. The standard InChI is InChI=1S/C28H27ClN4O5/c1-2-23(28(36)37)33-15-25(34)32(14-17-5-9-20(29)10-6-17)24-12-11-21(13-22(24)27(33)35)38-16-18-3-7-19(8-4-18)26(30)31/h3-13,23H,2,14-16H2,1H3,(H3,30,31)(H,36,37). The Morgan fingerprint density at radius 2 is 1.74 bits per heavy atom. The second-order valence-corrected chi connectivity index (χ2v) is 9.32. The van der Waals surface area contributed by atoms with Crippen molar-refractivity contribution in [2.75, 3.05) is 11.4 Å². The molecule has 9 nitrogen and oxygen atoms in total. The van der Waals surface area contributed by atoms with E-state index < -0.39 is 23.8 Å². The highest BCUT2D eigenvalue weighted by Crippen LogP contribution is 2.32. The summed E-state index contributed by atoms with van der Waals surface area (Å²) >= 11 is 6.01. The topological polar surface area (TPSA) is 137 Å². The van der Waals surface area contributed by atoms with Gasteiger partial charge in [-0.15, -0.1) is 0 Å². The molecule has 3 aromatic carbocycles. The third-order valence-electron chi connectivity index (χ3n) is 6.33. The number of nitrogen functional groups attached to an aromatic ring is 1. The van der Waals surface area contributed by atoms with Crippen molar-refractivity contribution in [1.29, 1.82) is 5.41 Å². The molecule has 1 unspecified atom stereocenters. The van der Waals surface area contributed by atoms with Gasteiger partial charge in [-0.2, -0.15) is 0 Å². The number of halogens is 1. The van der Waals surface area contributed by atoms with E-state index in [0.29, 0.717) is 22.0 Å². The van der Waals surface area contributed by atoms with Gasteiger partial charge in [0.05, 0.1) is 17.8 Å². The number of carbonyl (C=O) groups excluding carboxylic acids is 2. The number of carbonyl (C=O) groups is 3. The minimum absolute atomic E-state index is 0.0317. The summed E-state index contributed by atoms with van der Waals surface area (Å²) in [7, 11) is 0. The largest absolute Gasteiger partial charge is 0.489 e. The number of nitrogens with two attached hydrogens (primary N) is 1. The number of ether oxygens (including phenoxy) is 1. The van der Waals surface area contributed by atoms with Gasteiger partial charge in [0.1, 0.15) is 30.8 Å². The van der Waals surface area contributed by atoms with Crippen molar-refractivity contribution < 1.29 is 24.2 Å². The van der Waals surface area contributed by atoms with Gasteiger partial charge in [0.2, 0.25) is 5.91 Å². The minimum Gasteiger partial charge on any atom is -0.489 e. The zero-order chi connectivity index (χ0) is 27.4. The Hall–Kier alpha value is -4.37. The average molecular weight is 535 g/mol. The van der Waals surface area contributed by atoms with Crippen LogP contribution < -0.4 is 15.4 Å². The number of amides is 2. The van der Waals surface area contributed by atoms with E-state index in [4.69, 9.17) is 27.5 Å². The van der Waals surface area contributed by atoms with Crippen molar-refractivity contribution in [3.63, 3.8) is 0 Å². The van der Waals surface area contributed by atoms with Crippen molar-refractivity contribution in [2.45, 2.75) is 32.5 Å². The lowest BCUT2D eigenvalue weighted by atomic mass is 10.1. The predicted molar refractivity (Wildman–Crippen MR) is 144 cm³/mol. The van der Waals surface area contributed by atoms with Crippen LogP contribution in [0.15, 0.2) is 66.7 Å². The Morgan fingerprint density at radius 1 is 1.08 bits per heavy atom. The highest BCUT2D eigenvalue weighted by molar-refractivity contribution is 6.30. The maximum absolute atomic E-state index is 13.6. The van der Waals surface area contributed by atoms with E-state index in [1.54, 1.807) is 67.6 Å². The van der Waals surface area contributed by atoms with Crippen LogP contribution in [0.1, 0.15) is 40.4 Å². The number of carboxylic acid groups (broad SMARTS) is 1. The number of carboxylic acids is 1. The fourth-order valence-electron chi connectivity index (χ4n) is 4.28. The van der Waals surface area contributed by atoms with Crippen molar-refractivity contribution in [3.8, 4) is 5.75 Å². The molecule has 4 rings (SSSR count). The number of benzene rings is 3. The molecule has 10 heteroatoms. The van der Waals surface area contributed by atoms with Crippen LogP contribution in [0.5, 0.6) is 5.75 Å². The van der Waals surface area contributed by atoms with E-state index in [2.05, 4.69) is 0 Å². The number of hydrogen-bond donors (Lipinski definition) is 3. The summed E-state index contributed by atoms with van der Waals surface area (Å²) in [5, 5.41) is 17.8. The molecule has 4 N–H and O–H groups in total. The molecule has 2 amide bonds. The molecule has 0 fully saturated rings. The molecular formula is C28H27ClN4O5. The summed E-state index contributed by atoms with van der Waals surface area (Å²) in [6, 6.07) is 17.7. The SMILES string of the molecule is CCC(C(=O)O)N1CC(=O)N(Cc2ccc(Cl)cc2)c2ccc(OCc3ccc(C(=N)N)cc3)cc2C1=O. The van der Waals surface area contributed by atoms with Crippen molar-refractivity contribution in [3.05, 3.63) is 94.0 Å². The Balaban J connectivity index is 1.68. The monoisotopic (exact) mass is 534 g/mol. The lowest BCUT2D eigenvalue weighted by Gasteiger charge is -2.26. The molecule has 38 heavy (non-hydrogen) atoms. The average Bonchev–Trinajstić information content (AvgIpc) is 2.99. The Bertz CT molecular complexity index is 1370. The molecule has 3 aromatic rings. The summed E-state index contributed by atoms with van der Waals surface area (Å²) in [6.07, 6.45) is 0.146. The molecule has 196 valence electrons. The number of nitrogens with zero attached hydrogens (tertiary/aromatic N) is 2. The first-order valence-electron chi connectivity index (χ1n) is 12.0. The summed E-state index contributed by atoms with van der Waals surface area (Å²) in [5.41, 5.74) is 8.27. The molecule has 0 saturated heterocycles. The van der Waals surface area contributed by atoms with E-state index >= 15 is 0 Å². The van der Waals surface area contributed by atoms with Gasteiger partial charge in [-0.05, 0) is 47.9 Å². The minimum atomic E-state index is -1.18. The number of nitrogens with one attached hydrogen (secondary N) is 1. The van der Waals surface area contributed by atoms with Crippen LogP contribution in [0, 0.1) is 5.41 Å². The van der Waals surface area contributed by atoms with Crippen LogP contribution in [-0.2, 0) is 22.7 Å². The smallest absolute Gasteiger partial charge is 0.326 e. The third kappa shape index (κ3) is 5.78. The Morgan fingerprint density at radius 3 is 2.34 bits per heavy atom. The van der Waals surface area contributed by atoms with Crippen LogP contribution in [0.3, 0.4) is 0 Å². The number of rotatable bonds is 9. The van der Waals surface area contributed by atoms with E-state index in [9.17, 15) is 19.5 Å². The van der Waals surface area contributed by atoms with Crippen molar-refractivity contribution >= 4 is 40.9 Å². The zero-order valence-corrected chi connectivity index (χ0v) is 21.4. The van der Waals surface area contributed by atoms with E-state index in [0.717, 1.165) is 16.0 Å². The molecular weight excluding hydrogens is 508 g/mol. The van der Waals surface area contributed by atoms with Crippen molar-refractivity contribution in [2.24, 2.45) is 5.73 Å². The summed E-state index contributed by atoms with van der Waals surface area (Å²) in [5.74, 6) is -1.78. The lowest BCUT2D eigenvalue weighted by Crippen LogP contribution is -2.48. The molecule has 0 aromatic heterocycles. The third-order valence-corrected chi connectivity index (χ3v) is 6.58. The molecule has 1 atom stereocenters. The zero-order valence-electron chi connectivity index (χ0n) is 20.7. The lowest BCUT2D eigenvalue weighted by molar-refractivity contribution is -0.142. The molecule has 0 saturated carbocycles. The Kier molecular flexibility index (Phi) is 7.97. The predicted octanol–water partition coefficient (Wildman–Crippen LogP) is 4.06. The quantitative estimate of drug-likeness (QED) is 0.280. The van der Waals surface area contributed by atoms with Crippen LogP contribution in [0.25, 0.3) is 0 Å². The van der Waals surface area contributed by atoms with Gasteiger partial charge in [-0.3, -0.25) is 15.0 Å². The molecule has 1 aliphatic rings. The first-order chi connectivity index (χ1) is 18.2. The van der Waals surface area contributed by atoms with E-state index in [1.807, 2.05) is 0 Å².